The Kier molecular flexibility index (Phi) is 3.20. The molecule has 2 aromatic rings. The molecule has 0 amide bonds. The van der Waals surface area contributed by atoms with Crippen molar-refractivity contribution in [3.63, 3.8) is 0 Å². The van der Waals surface area contributed by atoms with E-state index in [0.29, 0.717) is 5.92 Å². The molecule has 94 valence electrons. The molecule has 3 rings (SSSR count). The zero-order valence-electron chi connectivity index (χ0n) is 10.4. The van der Waals surface area contributed by atoms with Crippen LogP contribution in [0.4, 0.5) is 0 Å². The quantitative estimate of drug-likeness (QED) is 0.903. The minimum Gasteiger partial charge on any atom is -0.262 e. The number of H-pyrrole nitrogens is 1. The highest BCUT2D eigenvalue weighted by Gasteiger charge is 2.21. The molecule has 0 saturated heterocycles. The number of nitrogens with zero attached hydrogens (tertiary/aromatic N) is 2. The minimum atomic E-state index is 0.579. The third-order valence-electron chi connectivity index (χ3n) is 3.61. The predicted molar refractivity (Wildman–Crippen MR) is 75.5 cm³/mol. The van der Waals surface area contributed by atoms with E-state index in [1.54, 1.807) is 0 Å². The Bertz CT molecular complexity index is 556. The summed E-state index contributed by atoms with van der Waals surface area (Å²) < 4.78 is 1.05. The van der Waals surface area contributed by atoms with Crippen LogP contribution >= 0.6 is 15.9 Å². The van der Waals surface area contributed by atoms with Crippen molar-refractivity contribution in [3.05, 3.63) is 34.1 Å². The van der Waals surface area contributed by atoms with Crippen molar-refractivity contribution in [1.29, 1.82) is 0 Å². The Balaban J connectivity index is 1.94. The molecular formula is C14H16BrN3. The van der Waals surface area contributed by atoms with E-state index >= 15 is 0 Å². The number of hydrogen-bond donors (Lipinski definition) is 1. The Morgan fingerprint density at radius 3 is 2.83 bits per heavy atom. The standard InChI is InChI=1S/C14H16BrN3/c1-9-6-7-12(15)11(8-9)14-16-13(17-18-14)10-4-2-3-5-10/h6-8,10H,2-5H2,1H3,(H,16,17,18). The summed E-state index contributed by atoms with van der Waals surface area (Å²) in [5.41, 5.74) is 2.29. The summed E-state index contributed by atoms with van der Waals surface area (Å²) in [4.78, 5) is 4.67. The maximum atomic E-state index is 4.67. The van der Waals surface area contributed by atoms with Gasteiger partial charge in [-0.05, 0) is 31.9 Å². The molecule has 0 atom stereocenters. The molecule has 1 aromatic heterocycles. The molecule has 0 unspecified atom stereocenters. The lowest BCUT2D eigenvalue weighted by Gasteiger charge is -2.03. The van der Waals surface area contributed by atoms with Gasteiger partial charge in [-0.2, -0.15) is 5.10 Å². The lowest BCUT2D eigenvalue weighted by atomic mass is 10.1. The lowest BCUT2D eigenvalue weighted by Crippen LogP contribution is -1.94. The van der Waals surface area contributed by atoms with Crippen molar-refractivity contribution >= 4 is 15.9 Å². The second kappa shape index (κ2) is 4.84. The second-order valence-corrected chi connectivity index (χ2v) is 5.86. The van der Waals surface area contributed by atoms with Gasteiger partial charge in [-0.1, -0.05) is 40.4 Å². The molecule has 0 spiro atoms. The highest BCUT2D eigenvalue weighted by molar-refractivity contribution is 9.10. The van der Waals surface area contributed by atoms with Gasteiger partial charge in [0.1, 0.15) is 5.82 Å². The van der Waals surface area contributed by atoms with E-state index in [4.69, 9.17) is 0 Å². The van der Waals surface area contributed by atoms with Gasteiger partial charge in [0.15, 0.2) is 5.82 Å². The number of aryl methyl sites for hydroxylation is 1. The summed E-state index contributed by atoms with van der Waals surface area (Å²) in [7, 11) is 0. The molecule has 1 N–H and O–H groups in total. The highest BCUT2D eigenvalue weighted by atomic mass is 79.9. The fraction of sp³-hybridized carbons (Fsp3) is 0.429. The molecular weight excluding hydrogens is 290 g/mol. The molecule has 18 heavy (non-hydrogen) atoms. The van der Waals surface area contributed by atoms with Gasteiger partial charge in [0, 0.05) is 16.0 Å². The van der Waals surface area contributed by atoms with Crippen LogP contribution in [-0.4, -0.2) is 15.2 Å². The van der Waals surface area contributed by atoms with Crippen LogP contribution in [0.3, 0.4) is 0 Å². The highest BCUT2D eigenvalue weighted by Crippen LogP contribution is 2.33. The van der Waals surface area contributed by atoms with Gasteiger partial charge in [0.05, 0.1) is 0 Å². The SMILES string of the molecule is Cc1ccc(Br)c(-c2n[nH]c(C3CCCC3)n2)c1. The normalized spacial score (nSPS) is 16.3. The zero-order chi connectivity index (χ0) is 12.5. The van der Waals surface area contributed by atoms with E-state index in [1.165, 1.54) is 31.2 Å². The summed E-state index contributed by atoms with van der Waals surface area (Å²) in [6.07, 6.45) is 5.11. The average Bonchev–Trinajstić information content (AvgIpc) is 3.00. The molecule has 1 saturated carbocycles. The van der Waals surface area contributed by atoms with E-state index in [1.807, 2.05) is 0 Å². The van der Waals surface area contributed by atoms with E-state index in [0.717, 1.165) is 21.7 Å². The van der Waals surface area contributed by atoms with Crippen molar-refractivity contribution in [1.82, 2.24) is 15.2 Å². The van der Waals surface area contributed by atoms with Crippen LogP contribution in [0.25, 0.3) is 11.4 Å². The molecule has 4 heteroatoms. The van der Waals surface area contributed by atoms with Gasteiger partial charge < -0.3 is 0 Å². The van der Waals surface area contributed by atoms with Crippen LogP contribution in [0.1, 0.15) is 43.0 Å². The molecule has 1 aromatic carbocycles. The first kappa shape index (κ1) is 11.9. The van der Waals surface area contributed by atoms with Gasteiger partial charge in [0.25, 0.3) is 0 Å². The largest absolute Gasteiger partial charge is 0.262 e. The predicted octanol–water partition coefficient (Wildman–Crippen LogP) is 4.20. The smallest absolute Gasteiger partial charge is 0.182 e. The van der Waals surface area contributed by atoms with Crippen molar-refractivity contribution in [3.8, 4) is 11.4 Å². The van der Waals surface area contributed by atoms with Crippen molar-refractivity contribution < 1.29 is 0 Å². The third kappa shape index (κ3) is 2.21. The Morgan fingerprint density at radius 2 is 2.06 bits per heavy atom. The number of aromatic amines is 1. The van der Waals surface area contributed by atoms with Gasteiger partial charge in [0.2, 0.25) is 0 Å². The molecule has 1 aliphatic carbocycles. The number of aromatic nitrogens is 3. The molecule has 1 fully saturated rings. The van der Waals surface area contributed by atoms with E-state index in [9.17, 15) is 0 Å². The number of halogens is 1. The third-order valence-corrected chi connectivity index (χ3v) is 4.30. The van der Waals surface area contributed by atoms with Gasteiger partial charge >= 0.3 is 0 Å². The van der Waals surface area contributed by atoms with E-state index in [2.05, 4.69) is 56.2 Å². The monoisotopic (exact) mass is 305 g/mol. The summed E-state index contributed by atoms with van der Waals surface area (Å²) in [6.45, 7) is 2.08. The molecule has 0 aliphatic heterocycles. The van der Waals surface area contributed by atoms with E-state index in [-0.39, 0.29) is 0 Å². The van der Waals surface area contributed by atoms with Gasteiger partial charge in [-0.15, -0.1) is 0 Å². The first-order chi connectivity index (χ1) is 8.74. The van der Waals surface area contributed by atoms with Crippen LogP contribution in [0.15, 0.2) is 22.7 Å². The van der Waals surface area contributed by atoms with E-state index < -0.39 is 0 Å². The van der Waals surface area contributed by atoms with Crippen LogP contribution in [0, 0.1) is 6.92 Å². The Hall–Kier alpha value is -1.16. The first-order valence-corrected chi connectivity index (χ1v) is 7.22. The Labute approximate surface area is 115 Å². The van der Waals surface area contributed by atoms with Crippen molar-refractivity contribution in [2.75, 3.05) is 0 Å². The lowest BCUT2D eigenvalue weighted by molar-refractivity contribution is 0.672. The number of nitrogens with one attached hydrogen (secondary N) is 1. The first-order valence-electron chi connectivity index (χ1n) is 6.43. The maximum Gasteiger partial charge on any atom is 0.182 e. The summed E-state index contributed by atoms with van der Waals surface area (Å²) in [5.74, 6) is 2.43. The minimum absolute atomic E-state index is 0.579. The van der Waals surface area contributed by atoms with Crippen LogP contribution in [0.5, 0.6) is 0 Å². The van der Waals surface area contributed by atoms with Crippen molar-refractivity contribution in [2.24, 2.45) is 0 Å². The zero-order valence-corrected chi connectivity index (χ0v) is 12.0. The number of rotatable bonds is 2. The van der Waals surface area contributed by atoms with Crippen LogP contribution < -0.4 is 0 Å². The fourth-order valence-corrected chi connectivity index (χ4v) is 3.01. The fourth-order valence-electron chi connectivity index (χ4n) is 2.59. The van der Waals surface area contributed by atoms with Gasteiger partial charge in [-0.3, -0.25) is 5.10 Å². The molecule has 1 heterocycles. The Morgan fingerprint density at radius 1 is 1.28 bits per heavy atom. The summed E-state index contributed by atoms with van der Waals surface area (Å²) >= 11 is 3.57. The van der Waals surface area contributed by atoms with Crippen LogP contribution in [0.2, 0.25) is 0 Å². The maximum absolute atomic E-state index is 4.67. The number of hydrogen-bond acceptors (Lipinski definition) is 2. The number of benzene rings is 1. The average molecular weight is 306 g/mol. The molecule has 0 radical (unpaired) electrons. The second-order valence-electron chi connectivity index (χ2n) is 5.01. The topological polar surface area (TPSA) is 41.6 Å². The van der Waals surface area contributed by atoms with Crippen LogP contribution in [-0.2, 0) is 0 Å². The molecule has 3 nitrogen and oxygen atoms in total. The summed E-state index contributed by atoms with van der Waals surface area (Å²) in [5, 5.41) is 7.48. The molecule has 0 bridgehead atoms. The van der Waals surface area contributed by atoms with Crippen molar-refractivity contribution in [2.45, 2.75) is 38.5 Å². The molecule has 1 aliphatic rings. The van der Waals surface area contributed by atoms with Gasteiger partial charge in [-0.25, -0.2) is 4.98 Å². The summed E-state index contributed by atoms with van der Waals surface area (Å²) in [6, 6.07) is 6.25.